The van der Waals surface area contributed by atoms with Crippen LogP contribution in [0.5, 0.6) is 0 Å². The van der Waals surface area contributed by atoms with Gasteiger partial charge in [-0.3, -0.25) is 0 Å². The van der Waals surface area contributed by atoms with Crippen molar-refractivity contribution in [3.05, 3.63) is 34.1 Å². The Hall–Kier alpha value is -0.410. The molecule has 0 aromatic heterocycles. The van der Waals surface area contributed by atoms with Gasteiger partial charge in [-0.1, -0.05) is 35.7 Å². The van der Waals surface area contributed by atoms with E-state index in [4.69, 9.17) is 0 Å². The van der Waals surface area contributed by atoms with Crippen LogP contribution in [-0.4, -0.2) is 11.2 Å². The van der Waals surface area contributed by atoms with Gasteiger partial charge in [-0.2, -0.15) is 0 Å². The van der Waals surface area contributed by atoms with Crippen molar-refractivity contribution in [2.75, 3.05) is 0 Å². The predicted molar refractivity (Wildman–Crippen MR) is 79.5 cm³/mol. The third-order valence-corrected chi connectivity index (χ3v) is 5.01. The molecule has 1 saturated carbocycles. The zero-order valence-electron chi connectivity index (χ0n) is 11.4. The molecule has 1 aromatic rings. The van der Waals surface area contributed by atoms with E-state index in [0.717, 1.165) is 41.6 Å². The fourth-order valence-electron chi connectivity index (χ4n) is 3.22. The number of hydrogen-bond donors (Lipinski definition) is 1. The number of hydrogen-bond acceptors (Lipinski definition) is 1. The van der Waals surface area contributed by atoms with Gasteiger partial charge in [0, 0.05) is 4.47 Å². The van der Waals surface area contributed by atoms with Crippen LogP contribution in [0.15, 0.2) is 22.7 Å². The summed E-state index contributed by atoms with van der Waals surface area (Å²) in [6.45, 7) is 2.21. The summed E-state index contributed by atoms with van der Waals surface area (Å²) in [4.78, 5) is 0. The fraction of sp³-hybridized carbons (Fsp3) is 0.625. The van der Waals surface area contributed by atoms with Crippen molar-refractivity contribution < 1.29 is 9.50 Å². The second kappa shape index (κ2) is 6.85. The normalized spacial score (nSPS) is 27.5. The maximum atomic E-state index is 13.3. The minimum Gasteiger partial charge on any atom is -0.393 e. The summed E-state index contributed by atoms with van der Waals surface area (Å²) in [7, 11) is 0. The Kier molecular flexibility index (Phi) is 5.40. The Morgan fingerprint density at radius 2 is 2.16 bits per heavy atom. The molecule has 0 heterocycles. The Labute approximate surface area is 123 Å². The molecule has 19 heavy (non-hydrogen) atoms. The van der Waals surface area contributed by atoms with Gasteiger partial charge in [0.25, 0.3) is 0 Å². The highest BCUT2D eigenvalue weighted by molar-refractivity contribution is 9.10. The van der Waals surface area contributed by atoms with Crippen LogP contribution in [0.3, 0.4) is 0 Å². The van der Waals surface area contributed by atoms with Crippen LogP contribution in [-0.2, 0) is 6.42 Å². The van der Waals surface area contributed by atoms with E-state index in [1.807, 2.05) is 0 Å². The van der Waals surface area contributed by atoms with Gasteiger partial charge in [0.2, 0.25) is 0 Å². The SMILES string of the molecule is CCCC1CCC(O)C(Cc2cc(F)ccc2Br)C1. The first-order chi connectivity index (χ1) is 9.10. The monoisotopic (exact) mass is 328 g/mol. The third kappa shape index (κ3) is 4.03. The summed E-state index contributed by atoms with van der Waals surface area (Å²) in [6, 6.07) is 4.80. The second-order valence-electron chi connectivity index (χ2n) is 5.74. The number of rotatable bonds is 4. The summed E-state index contributed by atoms with van der Waals surface area (Å²) in [6.07, 6.45) is 6.07. The molecule has 0 bridgehead atoms. The van der Waals surface area contributed by atoms with Crippen LogP contribution in [0.25, 0.3) is 0 Å². The summed E-state index contributed by atoms with van der Waals surface area (Å²) in [5.74, 6) is 0.794. The van der Waals surface area contributed by atoms with Gasteiger partial charge >= 0.3 is 0 Å². The molecule has 3 atom stereocenters. The molecule has 1 fully saturated rings. The second-order valence-corrected chi connectivity index (χ2v) is 6.59. The number of halogens is 2. The molecule has 0 radical (unpaired) electrons. The maximum Gasteiger partial charge on any atom is 0.123 e. The molecule has 1 aliphatic carbocycles. The molecule has 1 nitrogen and oxygen atoms in total. The van der Waals surface area contributed by atoms with Crippen LogP contribution in [0.1, 0.15) is 44.6 Å². The van der Waals surface area contributed by atoms with Gasteiger partial charge in [-0.05, 0) is 61.3 Å². The van der Waals surface area contributed by atoms with Crippen molar-refractivity contribution in [1.82, 2.24) is 0 Å². The van der Waals surface area contributed by atoms with Crippen molar-refractivity contribution >= 4 is 15.9 Å². The molecule has 2 rings (SSSR count). The molecular formula is C16H22BrFO. The zero-order chi connectivity index (χ0) is 13.8. The van der Waals surface area contributed by atoms with E-state index in [2.05, 4.69) is 22.9 Å². The lowest BCUT2D eigenvalue weighted by atomic mass is 9.75. The fourth-order valence-corrected chi connectivity index (χ4v) is 3.63. The molecule has 0 saturated heterocycles. The average Bonchev–Trinajstić information content (AvgIpc) is 2.38. The first kappa shape index (κ1) is 15.0. The Balaban J connectivity index is 2.05. The minimum atomic E-state index is -0.233. The van der Waals surface area contributed by atoms with Crippen molar-refractivity contribution in [2.24, 2.45) is 11.8 Å². The Bertz CT molecular complexity index is 421. The number of aliphatic hydroxyl groups excluding tert-OH is 1. The first-order valence-electron chi connectivity index (χ1n) is 7.22. The average molecular weight is 329 g/mol. The van der Waals surface area contributed by atoms with E-state index in [1.54, 1.807) is 12.1 Å². The van der Waals surface area contributed by atoms with Gasteiger partial charge < -0.3 is 5.11 Å². The summed E-state index contributed by atoms with van der Waals surface area (Å²) < 4.78 is 14.3. The highest BCUT2D eigenvalue weighted by atomic mass is 79.9. The number of aliphatic hydroxyl groups is 1. The lowest BCUT2D eigenvalue weighted by molar-refractivity contribution is 0.0462. The van der Waals surface area contributed by atoms with Crippen LogP contribution in [0.4, 0.5) is 4.39 Å². The summed E-state index contributed by atoms with van der Waals surface area (Å²) >= 11 is 3.47. The van der Waals surface area contributed by atoms with Crippen LogP contribution in [0.2, 0.25) is 0 Å². The van der Waals surface area contributed by atoms with E-state index in [9.17, 15) is 9.50 Å². The van der Waals surface area contributed by atoms with E-state index >= 15 is 0 Å². The molecule has 0 spiro atoms. The van der Waals surface area contributed by atoms with Crippen molar-refractivity contribution in [3.8, 4) is 0 Å². The van der Waals surface area contributed by atoms with E-state index in [-0.39, 0.29) is 17.8 Å². The molecule has 3 heteroatoms. The van der Waals surface area contributed by atoms with Gasteiger partial charge in [-0.25, -0.2) is 4.39 Å². The van der Waals surface area contributed by atoms with E-state index in [1.165, 1.54) is 18.9 Å². The van der Waals surface area contributed by atoms with Crippen LogP contribution in [0, 0.1) is 17.7 Å². The van der Waals surface area contributed by atoms with Gasteiger partial charge in [0.15, 0.2) is 0 Å². The van der Waals surface area contributed by atoms with Gasteiger partial charge in [-0.15, -0.1) is 0 Å². The smallest absolute Gasteiger partial charge is 0.123 e. The highest BCUT2D eigenvalue weighted by Crippen LogP contribution is 2.35. The third-order valence-electron chi connectivity index (χ3n) is 4.24. The zero-order valence-corrected chi connectivity index (χ0v) is 13.0. The van der Waals surface area contributed by atoms with E-state index < -0.39 is 0 Å². The van der Waals surface area contributed by atoms with Crippen molar-refractivity contribution in [3.63, 3.8) is 0 Å². The Morgan fingerprint density at radius 1 is 1.37 bits per heavy atom. The molecular weight excluding hydrogens is 307 g/mol. The van der Waals surface area contributed by atoms with Crippen LogP contribution >= 0.6 is 15.9 Å². The van der Waals surface area contributed by atoms with Crippen molar-refractivity contribution in [2.45, 2.75) is 51.6 Å². The summed E-state index contributed by atoms with van der Waals surface area (Å²) in [5.41, 5.74) is 0.973. The standard InChI is InChI=1S/C16H22BrFO/c1-2-3-11-4-7-16(19)13(8-11)9-12-10-14(18)5-6-15(12)17/h5-6,10-11,13,16,19H,2-4,7-9H2,1H3. The number of benzene rings is 1. The molecule has 106 valence electrons. The van der Waals surface area contributed by atoms with Gasteiger partial charge in [0.1, 0.15) is 5.82 Å². The quantitative estimate of drug-likeness (QED) is 0.848. The molecule has 1 N–H and O–H groups in total. The maximum absolute atomic E-state index is 13.3. The molecule has 0 amide bonds. The summed E-state index contributed by atoms with van der Waals surface area (Å²) in [5, 5.41) is 10.2. The van der Waals surface area contributed by atoms with Crippen LogP contribution < -0.4 is 0 Å². The lowest BCUT2D eigenvalue weighted by Gasteiger charge is -2.33. The lowest BCUT2D eigenvalue weighted by Crippen LogP contribution is -2.30. The Morgan fingerprint density at radius 3 is 2.89 bits per heavy atom. The topological polar surface area (TPSA) is 20.2 Å². The molecule has 3 unspecified atom stereocenters. The molecule has 0 aliphatic heterocycles. The first-order valence-corrected chi connectivity index (χ1v) is 8.01. The molecule has 1 aliphatic rings. The highest BCUT2D eigenvalue weighted by Gasteiger charge is 2.29. The predicted octanol–water partition coefficient (Wildman–Crippen LogP) is 4.71. The van der Waals surface area contributed by atoms with Gasteiger partial charge in [0.05, 0.1) is 6.10 Å². The largest absolute Gasteiger partial charge is 0.393 e. The molecule has 1 aromatic carbocycles. The van der Waals surface area contributed by atoms with Crippen molar-refractivity contribution in [1.29, 1.82) is 0 Å². The minimum absolute atomic E-state index is 0.200. The van der Waals surface area contributed by atoms with E-state index in [0.29, 0.717) is 0 Å².